The first-order chi connectivity index (χ1) is 8.81. The van der Waals surface area contributed by atoms with E-state index < -0.39 is 12.6 Å². The minimum Gasteiger partial charge on any atom is -0.356 e. The van der Waals surface area contributed by atoms with Crippen LogP contribution >= 0.6 is 11.3 Å². The van der Waals surface area contributed by atoms with E-state index in [-0.39, 0.29) is 6.54 Å². The van der Waals surface area contributed by atoms with Crippen molar-refractivity contribution in [1.82, 2.24) is 15.6 Å². The first-order valence-corrected chi connectivity index (χ1v) is 6.57. The van der Waals surface area contributed by atoms with Crippen molar-refractivity contribution in [2.45, 2.75) is 33.0 Å². The lowest BCUT2D eigenvalue weighted by molar-refractivity contribution is -0.132. The molecule has 4 nitrogen and oxygen atoms in total. The summed E-state index contributed by atoms with van der Waals surface area (Å²) in [5, 5.41) is 6.56. The number of aliphatic imine (C=N–C) groups is 1. The second-order valence-corrected chi connectivity index (χ2v) is 5.25. The van der Waals surface area contributed by atoms with Crippen LogP contribution in [0.2, 0.25) is 0 Å². The molecule has 0 aliphatic carbocycles. The fraction of sp³-hybridized carbons (Fsp3) is 0.636. The van der Waals surface area contributed by atoms with Crippen LogP contribution in [0.5, 0.6) is 0 Å². The molecule has 0 radical (unpaired) electrons. The Morgan fingerprint density at radius 3 is 2.47 bits per heavy atom. The molecule has 0 aliphatic heterocycles. The zero-order chi connectivity index (χ0) is 14.5. The van der Waals surface area contributed by atoms with Crippen molar-refractivity contribution in [3.63, 3.8) is 0 Å². The average Bonchev–Trinajstić information content (AvgIpc) is 2.60. The van der Waals surface area contributed by atoms with E-state index in [1.54, 1.807) is 11.3 Å². The highest BCUT2D eigenvalue weighted by Crippen LogP contribution is 2.18. The lowest BCUT2D eigenvalue weighted by Crippen LogP contribution is -2.38. The van der Waals surface area contributed by atoms with Gasteiger partial charge in [-0.3, -0.25) is 4.99 Å². The summed E-state index contributed by atoms with van der Waals surface area (Å²) in [4.78, 5) is 9.20. The molecule has 0 unspecified atom stereocenters. The molecule has 0 bridgehead atoms. The molecule has 0 aromatic carbocycles. The fourth-order valence-electron chi connectivity index (χ4n) is 1.44. The van der Waals surface area contributed by atoms with Gasteiger partial charge in [0.05, 0.1) is 23.7 Å². The Labute approximate surface area is 114 Å². The summed E-state index contributed by atoms with van der Waals surface area (Å²) in [6, 6.07) is 0. The first-order valence-electron chi connectivity index (χ1n) is 5.76. The molecule has 1 aromatic rings. The lowest BCUT2D eigenvalue weighted by Gasteiger charge is -2.12. The summed E-state index contributed by atoms with van der Waals surface area (Å²) in [5.74, 6) is 0.356. The normalized spacial score (nSPS) is 12.6. The van der Waals surface area contributed by atoms with Crippen molar-refractivity contribution in [3.05, 3.63) is 15.6 Å². The molecule has 0 saturated carbocycles. The maximum absolute atomic E-state index is 12.0. The van der Waals surface area contributed by atoms with Gasteiger partial charge in [0.2, 0.25) is 0 Å². The molecule has 108 valence electrons. The van der Waals surface area contributed by atoms with Gasteiger partial charge in [-0.2, -0.15) is 13.2 Å². The van der Waals surface area contributed by atoms with Gasteiger partial charge in [-0.1, -0.05) is 0 Å². The van der Waals surface area contributed by atoms with E-state index in [0.717, 1.165) is 15.6 Å². The molecule has 1 rings (SSSR count). The number of nitrogens with zero attached hydrogens (tertiary/aromatic N) is 2. The van der Waals surface area contributed by atoms with E-state index in [0.29, 0.717) is 12.5 Å². The number of guanidine groups is 1. The number of rotatable bonds is 4. The van der Waals surface area contributed by atoms with Crippen LogP contribution in [0.25, 0.3) is 0 Å². The second kappa shape index (κ2) is 6.74. The van der Waals surface area contributed by atoms with Crippen LogP contribution in [0.1, 0.15) is 22.0 Å². The molecule has 0 aliphatic rings. The number of hydrogen-bond donors (Lipinski definition) is 2. The smallest absolute Gasteiger partial charge is 0.356 e. The van der Waals surface area contributed by atoms with Crippen LogP contribution in [0, 0.1) is 13.8 Å². The van der Waals surface area contributed by atoms with Crippen molar-refractivity contribution < 1.29 is 13.2 Å². The van der Waals surface area contributed by atoms with Crippen LogP contribution in [0.3, 0.4) is 0 Å². The molecule has 0 saturated heterocycles. The molecule has 8 heteroatoms. The van der Waals surface area contributed by atoms with Gasteiger partial charge in [0.15, 0.2) is 5.96 Å². The molecule has 0 amide bonds. The lowest BCUT2D eigenvalue weighted by atomic mass is 10.4. The SMILES string of the molecule is CN=C(NCCC(F)(F)F)NCc1sc(C)nc1C. The monoisotopic (exact) mass is 294 g/mol. The van der Waals surface area contributed by atoms with Gasteiger partial charge < -0.3 is 10.6 Å². The molecule has 0 spiro atoms. The molecular formula is C11H17F3N4S. The first kappa shape index (κ1) is 15.7. The van der Waals surface area contributed by atoms with Crippen molar-refractivity contribution in [2.24, 2.45) is 4.99 Å². The minimum atomic E-state index is -4.16. The van der Waals surface area contributed by atoms with Crippen LogP contribution in [0.4, 0.5) is 13.2 Å². The summed E-state index contributed by atoms with van der Waals surface area (Å²) >= 11 is 1.56. The third kappa shape index (κ3) is 5.91. The van der Waals surface area contributed by atoms with Gasteiger partial charge >= 0.3 is 6.18 Å². The number of alkyl halides is 3. The van der Waals surface area contributed by atoms with Crippen LogP contribution in [-0.4, -0.2) is 30.7 Å². The second-order valence-electron chi connectivity index (χ2n) is 3.96. The van der Waals surface area contributed by atoms with Crippen molar-refractivity contribution in [2.75, 3.05) is 13.6 Å². The largest absolute Gasteiger partial charge is 0.390 e. The van der Waals surface area contributed by atoms with E-state index in [2.05, 4.69) is 20.6 Å². The average molecular weight is 294 g/mol. The van der Waals surface area contributed by atoms with E-state index in [9.17, 15) is 13.2 Å². The van der Waals surface area contributed by atoms with Crippen LogP contribution in [-0.2, 0) is 6.54 Å². The summed E-state index contributed by atoms with van der Waals surface area (Å²) in [5.41, 5.74) is 0.931. The van der Waals surface area contributed by atoms with Gasteiger partial charge in [0, 0.05) is 18.5 Å². The number of thiazole rings is 1. The van der Waals surface area contributed by atoms with Crippen LogP contribution in [0.15, 0.2) is 4.99 Å². The topological polar surface area (TPSA) is 49.3 Å². The van der Waals surface area contributed by atoms with Crippen molar-refractivity contribution >= 4 is 17.3 Å². The summed E-state index contributed by atoms with van der Waals surface area (Å²) in [6.07, 6.45) is -5.04. The molecule has 2 N–H and O–H groups in total. The molecular weight excluding hydrogens is 277 g/mol. The van der Waals surface area contributed by atoms with Gasteiger partial charge in [-0.15, -0.1) is 11.3 Å². The van der Waals surface area contributed by atoms with E-state index in [4.69, 9.17) is 0 Å². The Morgan fingerprint density at radius 2 is 2.00 bits per heavy atom. The molecule has 0 atom stereocenters. The van der Waals surface area contributed by atoms with Gasteiger partial charge in [-0.05, 0) is 13.8 Å². The van der Waals surface area contributed by atoms with Gasteiger partial charge in [0.25, 0.3) is 0 Å². The molecule has 0 fully saturated rings. The zero-order valence-electron chi connectivity index (χ0n) is 11.1. The summed E-state index contributed by atoms with van der Waals surface area (Å²) in [6.45, 7) is 4.13. The van der Waals surface area contributed by atoms with Crippen molar-refractivity contribution in [3.8, 4) is 0 Å². The maximum Gasteiger partial charge on any atom is 0.390 e. The molecule has 1 aromatic heterocycles. The summed E-state index contributed by atoms with van der Waals surface area (Å²) < 4.78 is 36.0. The Balaban J connectivity index is 2.39. The number of nitrogens with one attached hydrogen (secondary N) is 2. The minimum absolute atomic E-state index is 0.191. The Hall–Kier alpha value is -1.31. The Bertz CT molecular complexity index is 440. The quantitative estimate of drug-likeness (QED) is 0.662. The third-order valence-corrected chi connectivity index (χ3v) is 3.41. The third-order valence-electron chi connectivity index (χ3n) is 2.34. The predicted octanol–water partition coefficient (Wildman–Crippen LogP) is 2.38. The van der Waals surface area contributed by atoms with Crippen LogP contribution < -0.4 is 10.6 Å². The predicted molar refractivity (Wildman–Crippen MR) is 70.5 cm³/mol. The highest BCUT2D eigenvalue weighted by atomic mass is 32.1. The summed E-state index contributed by atoms with van der Waals surface area (Å²) in [7, 11) is 1.52. The van der Waals surface area contributed by atoms with E-state index in [1.165, 1.54) is 7.05 Å². The standard InChI is InChI=1S/C11H17F3N4S/c1-7-9(19-8(2)18-7)6-17-10(15-3)16-5-4-11(12,13)14/h4-6H2,1-3H3,(H2,15,16,17). The highest BCUT2D eigenvalue weighted by molar-refractivity contribution is 7.11. The number of aromatic nitrogens is 1. The molecule has 1 heterocycles. The van der Waals surface area contributed by atoms with E-state index in [1.807, 2.05) is 13.8 Å². The number of hydrogen-bond acceptors (Lipinski definition) is 3. The van der Waals surface area contributed by atoms with Gasteiger partial charge in [0.1, 0.15) is 0 Å². The fourth-order valence-corrected chi connectivity index (χ4v) is 2.32. The molecule has 19 heavy (non-hydrogen) atoms. The Kier molecular flexibility index (Phi) is 5.59. The highest BCUT2D eigenvalue weighted by Gasteiger charge is 2.26. The van der Waals surface area contributed by atoms with Gasteiger partial charge in [-0.25, -0.2) is 4.98 Å². The van der Waals surface area contributed by atoms with Crippen molar-refractivity contribution in [1.29, 1.82) is 0 Å². The van der Waals surface area contributed by atoms with E-state index >= 15 is 0 Å². The maximum atomic E-state index is 12.0. The zero-order valence-corrected chi connectivity index (χ0v) is 11.9. The Morgan fingerprint density at radius 1 is 1.32 bits per heavy atom. The number of aryl methyl sites for hydroxylation is 2. The number of halogens is 3.